The van der Waals surface area contributed by atoms with Crippen molar-refractivity contribution in [3.05, 3.63) is 52.5 Å². The lowest BCUT2D eigenvalue weighted by atomic mass is 10.1. The molecule has 1 amide bonds. The Hall–Kier alpha value is -2.41. The zero-order valence-corrected chi connectivity index (χ0v) is 13.9. The first-order valence-corrected chi connectivity index (χ1v) is 7.74. The predicted molar refractivity (Wildman–Crippen MR) is 88.3 cm³/mol. The fourth-order valence-electron chi connectivity index (χ4n) is 2.09. The molecule has 0 heterocycles. The standard InChI is InChI=1S/C17H15ClF3NO3/c1-2-8-25-14-5-3-4-13(23)15(14)16(24)22-10-6-7-12(18)11(9-10)17(19,20)21/h3-7,9,23H,2,8H2,1H3,(H,22,24). The number of hydrogen-bond donors (Lipinski definition) is 2. The van der Waals surface area contributed by atoms with Crippen molar-refractivity contribution >= 4 is 23.2 Å². The van der Waals surface area contributed by atoms with Crippen molar-refractivity contribution in [1.29, 1.82) is 0 Å². The Morgan fingerprint density at radius 1 is 1.28 bits per heavy atom. The summed E-state index contributed by atoms with van der Waals surface area (Å²) in [6.07, 6.45) is -3.97. The van der Waals surface area contributed by atoms with Crippen LogP contribution in [0.3, 0.4) is 0 Å². The van der Waals surface area contributed by atoms with Gasteiger partial charge in [0.2, 0.25) is 0 Å². The zero-order valence-electron chi connectivity index (χ0n) is 13.2. The topological polar surface area (TPSA) is 58.6 Å². The molecule has 0 aromatic heterocycles. The second-order valence-electron chi connectivity index (χ2n) is 5.15. The molecule has 0 aliphatic heterocycles. The third kappa shape index (κ3) is 4.57. The number of hydrogen-bond acceptors (Lipinski definition) is 3. The summed E-state index contributed by atoms with van der Waals surface area (Å²) < 4.78 is 44.1. The van der Waals surface area contributed by atoms with Crippen molar-refractivity contribution in [2.45, 2.75) is 19.5 Å². The minimum absolute atomic E-state index is 0.105. The van der Waals surface area contributed by atoms with Crippen LogP contribution in [-0.2, 0) is 6.18 Å². The smallest absolute Gasteiger partial charge is 0.417 e. The molecule has 0 saturated carbocycles. The number of phenolic OH excluding ortho intramolecular Hbond substituents is 1. The summed E-state index contributed by atoms with van der Waals surface area (Å²) in [6.45, 7) is 2.19. The highest BCUT2D eigenvalue weighted by molar-refractivity contribution is 6.31. The maximum atomic E-state index is 12.9. The van der Waals surface area contributed by atoms with E-state index in [1.807, 2.05) is 6.92 Å². The van der Waals surface area contributed by atoms with Crippen molar-refractivity contribution in [2.75, 3.05) is 11.9 Å². The van der Waals surface area contributed by atoms with Crippen molar-refractivity contribution in [3.8, 4) is 11.5 Å². The molecule has 0 unspecified atom stereocenters. The van der Waals surface area contributed by atoms with Gasteiger partial charge in [-0.25, -0.2) is 0 Å². The Balaban J connectivity index is 2.32. The van der Waals surface area contributed by atoms with E-state index in [1.165, 1.54) is 24.3 Å². The van der Waals surface area contributed by atoms with Crippen LogP contribution in [0.4, 0.5) is 18.9 Å². The molecule has 2 N–H and O–H groups in total. The first-order chi connectivity index (χ1) is 11.7. The number of ether oxygens (including phenoxy) is 1. The number of aromatic hydroxyl groups is 1. The van der Waals surface area contributed by atoms with E-state index in [2.05, 4.69) is 5.32 Å². The van der Waals surface area contributed by atoms with Gasteiger partial charge in [0.15, 0.2) is 0 Å². The van der Waals surface area contributed by atoms with Gasteiger partial charge in [-0.1, -0.05) is 24.6 Å². The maximum Gasteiger partial charge on any atom is 0.417 e. The van der Waals surface area contributed by atoms with Gasteiger partial charge >= 0.3 is 6.18 Å². The number of benzene rings is 2. The van der Waals surface area contributed by atoms with Crippen molar-refractivity contribution in [2.24, 2.45) is 0 Å². The summed E-state index contributed by atoms with van der Waals surface area (Å²) in [4.78, 5) is 12.4. The Bertz CT molecular complexity index is 778. The number of carbonyl (C=O) groups excluding carboxylic acids is 1. The summed E-state index contributed by atoms with van der Waals surface area (Å²) in [6, 6.07) is 7.29. The van der Waals surface area contributed by atoms with Crippen molar-refractivity contribution < 1.29 is 27.8 Å². The Morgan fingerprint density at radius 2 is 2.00 bits per heavy atom. The van der Waals surface area contributed by atoms with Crippen LogP contribution in [-0.4, -0.2) is 17.6 Å². The minimum atomic E-state index is -4.65. The summed E-state index contributed by atoms with van der Waals surface area (Å²) >= 11 is 5.55. The minimum Gasteiger partial charge on any atom is -0.507 e. The molecule has 2 rings (SSSR count). The fourth-order valence-corrected chi connectivity index (χ4v) is 2.32. The van der Waals surface area contributed by atoms with Gasteiger partial charge in [-0.05, 0) is 36.8 Å². The van der Waals surface area contributed by atoms with Crippen LogP contribution in [0.1, 0.15) is 29.3 Å². The van der Waals surface area contributed by atoms with Gasteiger partial charge in [0.1, 0.15) is 17.1 Å². The number of amides is 1. The number of phenols is 1. The van der Waals surface area contributed by atoms with Gasteiger partial charge < -0.3 is 15.2 Å². The predicted octanol–water partition coefficient (Wildman–Crippen LogP) is 5.11. The van der Waals surface area contributed by atoms with E-state index in [9.17, 15) is 23.1 Å². The monoisotopic (exact) mass is 373 g/mol. The van der Waals surface area contributed by atoms with Crippen LogP contribution < -0.4 is 10.1 Å². The SMILES string of the molecule is CCCOc1cccc(O)c1C(=O)Nc1ccc(Cl)c(C(F)(F)F)c1. The molecule has 0 aliphatic carbocycles. The van der Waals surface area contributed by atoms with Gasteiger partial charge in [0, 0.05) is 5.69 Å². The molecule has 2 aromatic rings. The average molecular weight is 374 g/mol. The van der Waals surface area contributed by atoms with Gasteiger partial charge in [-0.15, -0.1) is 0 Å². The quantitative estimate of drug-likeness (QED) is 0.766. The molecule has 0 saturated heterocycles. The molecule has 0 bridgehead atoms. The lowest BCUT2D eigenvalue weighted by Gasteiger charge is -2.14. The molecule has 25 heavy (non-hydrogen) atoms. The molecular weight excluding hydrogens is 359 g/mol. The van der Waals surface area contributed by atoms with E-state index in [0.717, 1.165) is 12.1 Å². The summed E-state index contributed by atoms with van der Waals surface area (Å²) in [5, 5.41) is 11.8. The summed E-state index contributed by atoms with van der Waals surface area (Å²) in [5.41, 5.74) is -1.32. The van der Waals surface area contributed by atoms with E-state index in [1.54, 1.807) is 0 Å². The van der Waals surface area contributed by atoms with E-state index < -0.39 is 22.7 Å². The van der Waals surface area contributed by atoms with E-state index in [4.69, 9.17) is 16.3 Å². The first kappa shape index (κ1) is 18.9. The van der Waals surface area contributed by atoms with Gasteiger partial charge in [0.25, 0.3) is 5.91 Å². The Kier molecular flexibility index (Phi) is 5.79. The van der Waals surface area contributed by atoms with Crippen LogP contribution in [0.5, 0.6) is 11.5 Å². The number of rotatable bonds is 5. The fraction of sp³-hybridized carbons (Fsp3) is 0.235. The van der Waals surface area contributed by atoms with Gasteiger partial charge in [-0.2, -0.15) is 13.2 Å². The first-order valence-electron chi connectivity index (χ1n) is 7.37. The highest BCUT2D eigenvalue weighted by Crippen LogP contribution is 2.36. The van der Waals surface area contributed by atoms with Crippen LogP contribution >= 0.6 is 11.6 Å². The van der Waals surface area contributed by atoms with Gasteiger partial charge in [0.05, 0.1) is 17.2 Å². The van der Waals surface area contributed by atoms with Crippen LogP contribution in [0, 0.1) is 0 Å². The Morgan fingerprint density at radius 3 is 2.64 bits per heavy atom. The number of nitrogens with one attached hydrogen (secondary N) is 1. The third-order valence-corrected chi connectivity index (χ3v) is 3.55. The molecule has 2 aromatic carbocycles. The molecule has 134 valence electrons. The number of anilines is 1. The number of alkyl halides is 3. The molecule has 0 aliphatic rings. The molecule has 0 fully saturated rings. The normalized spacial score (nSPS) is 11.2. The molecule has 8 heteroatoms. The highest BCUT2D eigenvalue weighted by atomic mass is 35.5. The summed E-state index contributed by atoms with van der Waals surface area (Å²) in [7, 11) is 0. The molecule has 0 spiro atoms. The van der Waals surface area contributed by atoms with Crippen LogP contribution in [0.2, 0.25) is 5.02 Å². The number of halogens is 4. The zero-order chi connectivity index (χ0) is 18.6. The van der Waals surface area contributed by atoms with Crippen LogP contribution in [0.25, 0.3) is 0 Å². The highest BCUT2D eigenvalue weighted by Gasteiger charge is 2.33. The average Bonchev–Trinajstić information content (AvgIpc) is 2.53. The van der Waals surface area contributed by atoms with Crippen molar-refractivity contribution in [1.82, 2.24) is 0 Å². The summed E-state index contributed by atoms with van der Waals surface area (Å²) in [5.74, 6) is -0.986. The third-order valence-electron chi connectivity index (χ3n) is 3.22. The second-order valence-corrected chi connectivity index (χ2v) is 5.55. The van der Waals surface area contributed by atoms with E-state index in [0.29, 0.717) is 13.0 Å². The molecule has 0 atom stereocenters. The van der Waals surface area contributed by atoms with E-state index >= 15 is 0 Å². The lowest BCUT2D eigenvalue weighted by Crippen LogP contribution is -2.15. The molecule has 0 radical (unpaired) electrons. The second kappa shape index (κ2) is 7.65. The maximum absolute atomic E-state index is 12.9. The largest absolute Gasteiger partial charge is 0.507 e. The molecular formula is C17H15ClF3NO3. The van der Waals surface area contributed by atoms with Crippen molar-refractivity contribution in [3.63, 3.8) is 0 Å². The Labute approximate surface area is 147 Å². The lowest BCUT2D eigenvalue weighted by molar-refractivity contribution is -0.137. The van der Waals surface area contributed by atoms with Crippen LogP contribution in [0.15, 0.2) is 36.4 Å². The molecule has 4 nitrogen and oxygen atoms in total. The van der Waals surface area contributed by atoms with E-state index in [-0.39, 0.29) is 22.7 Å². The number of carbonyl (C=O) groups is 1. The van der Waals surface area contributed by atoms with Gasteiger partial charge in [-0.3, -0.25) is 4.79 Å².